The second kappa shape index (κ2) is 6.78. The van der Waals surface area contributed by atoms with Crippen LogP contribution in [0.4, 0.5) is 5.69 Å². The van der Waals surface area contributed by atoms with Gasteiger partial charge in [-0.05, 0) is 56.7 Å². The van der Waals surface area contributed by atoms with Crippen LogP contribution in [0.15, 0.2) is 18.2 Å². The molecule has 0 spiro atoms. The van der Waals surface area contributed by atoms with E-state index >= 15 is 0 Å². The molecule has 1 heterocycles. The summed E-state index contributed by atoms with van der Waals surface area (Å²) in [6.07, 6.45) is 4.62. The summed E-state index contributed by atoms with van der Waals surface area (Å²) in [6, 6.07) is 6.74. The second-order valence-corrected chi connectivity index (χ2v) is 5.82. The number of anilines is 1. The van der Waals surface area contributed by atoms with Gasteiger partial charge in [0.2, 0.25) is 5.91 Å². The maximum Gasteiger partial charge on any atom is 0.242 e. The van der Waals surface area contributed by atoms with Crippen molar-refractivity contribution in [3.8, 4) is 0 Å². The molecule has 0 radical (unpaired) electrons. The highest BCUT2D eigenvalue weighted by Crippen LogP contribution is 2.20. The molecule has 1 amide bonds. The standard InChI is InChI=1S/C17H26N2O/c1-4-15-7-5-6-10-19(15)17(20)12-18-16-11-13(2)8-9-14(16)3/h8-9,11,15,18H,4-7,10,12H2,1-3H3. The predicted octanol–water partition coefficient (Wildman–Crippen LogP) is 3.51. The minimum atomic E-state index is 0.234. The molecule has 110 valence electrons. The number of hydrogen-bond donors (Lipinski definition) is 1. The molecule has 0 aromatic heterocycles. The zero-order valence-corrected chi connectivity index (χ0v) is 12.9. The van der Waals surface area contributed by atoms with Gasteiger partial charge in [0.15, 0.2) is 0 Å². The molecule has 1 unspecified atom stereocenters. The Morgan fingerprint density at radius 3 is 2.90 bits per heavy atom. The fourth-order valence-electron chi connectivity index (χ4n) is 2.95. The lowest BCUT2D eigenvalue weighted by Crippen LogP contribution is -2.45. The Labute approximate surface area is 122 Å². The summed E-state index contributed by atoms with van der Waals surface area (Å²) in [4.78, 5) is 14.5. The number of carbonyl (C=O) groups is 1. The number of aryl methyl sites for hydroxylation is 2. The van der Waals surface area contributed by atoms with Crippen molar-refractivity contribution in [3.05, 3.63) is 29.3 Å². The van der Waals surface area contributed by atoms with Crippen LogP contribution in [0.5, 0.6) is 0 Å². The van der Waals surface area contributed by atoms with E-state index < -0.39 is 0 Å². The molecule has 20 heavy (non-hydrogen) atoms. The van der Waals surface area contributed by atoms with Gasteiger partial charge in [0.1, 0.15) is 0 Å². The van der Waals surface area contributed by atoms with Crippen molar-refractivity contribution in [3.63, 3.8) is 0 Å². The summed E-state index contributed by atoms with van der Waals surface area (Å²) in [5.41, 5.74) is 3.48. The van der Waals surface area contributed by atoms with Crippen molar-refractivity contribution in [2.24, 2.45) is 0 Å². The smallest absolute Gasteiger partial charge is 0.242 e. The number of hydrogen-bond acceptors (Lipinski definition) is 2. The highest BCUT2D eigenvalue weighted by Gasteiger charge is 2.24. The molecule has 1 atom stereocenters. The van der Waals surface area contributed by atoms with Crippen LogP contribution in [-0.4, -0.2) is 29.9 Å². The van der Waals surface area contributed by atoms with Gasteiger partial charge in [-0.15, -0.1) is 0 Å². The topological polar surface area (TPSA) is 32.3 Å². The van der Waals surface area contributed by atoms with Gasteiger partial charge >= 0.3 is 0 Å². The molecule has 1 fully saturated rings. The lowest BCUT2D eigenvalue weighted by molar-refractivity contribution is -0.133. The van der Waals surface area contributed by atoms with Crippen LogP contribution in [0.1, 0.15) is 43.7 Å². The number of likely N-dealkylation sites (tertiary alicyclic amines) is 1. The SMILES string of the molecule is CCC1CCCCN1C(=O)CNc1cc(C)ccc1C. The minimum Gasteiger partial charge on any atom is -0.376 e. The maximum atomic E-state index is 12.4. The summed E-state index contributed by atoms with van der Waals surface area (Å²) in [5, 5.41) is 3.30. The third-order valence-electron chi connectivity index (χ3n) is 4.24. The van der Waals surface area contributed by atoms with Crippen molar-refractivity contribution in [2.75, 3.05) is 18.4 Å². The first-order valence-corrected chi connectivity index (χ1v) is 7.72. The monoisotopic (exact) mass is 274 g/mol. The van der Waals surface area contributed by atoms with Gasteiger partial charge < -0.3 is 10.2 Å². The van der Waals surface area contributed by atoms with Crippen molar-refractivity contribution in [1.29, 1.82) is 0 Å². The summed E-state index contributed by atoms with van der Waals surface area (Å²) >= 11 is 0. The van der Waals surface area contributed by atoms with Crippen LogP contribution in [0.25, 0.3) is 0 Å². The Balaban J connectivity index is 1.95. The molecule has 1 N–H and O–H groups in total. The first kappa shape index (κ1) is 14.9. The zero-order valence-electron chi connectivity index (χ0n) is 12.9. The van der Waals surface area contributed by atoms with E-state index in [-0.39, 0.29) is 5.91 Å². The molecular weight excluding hydrogens is 248 g/mol. The summed E-state index contributed by atoms with van der Waals surface area (Å²) < 4.78 is 0. The molecule has 1 aliphatic rings. The Morgan fingerprint density at radius 2 is 2.15 bits per heavy atom. The van der Waals surface area contributed by atoms with E-state index in [9.17, 15) is 4.79 Å². The molecule has 3 nitrogen and oxygen atoms in total. The van der Waals surface area contributed by atoms with Crippen LogP contribution < -0.4 is 5.32 Å². The fraction of sp³-hybridized carbons (Fsp3) is 0.588. The molecule has 1 aromatic carbocycles. The van der Waals surface area contributed by atoms with E-state index in [0.29, 0.717) is 12.6 Å². The van der Waals surface area contributed by atoms with E-state index in [1.165, 1.54) is 17.5 Å². The molecule has 2 rings (SSSR count). The molecule has 1 saturated heterocycles. The van der Waals surface area contributed by atoms with Crippen LogP contribution in [0, 0.1) is 13.8 Å². The van der Waals surface area contributed by atoms with Gasteiger partial charge in [-0.2, -0.15) is 0 Å². The van der Waals surface area contributed by atoms with Gasteiger partial charge in [0.25, 0.3) is 0 Å². The van der Waals surface area contributed by atoms with Gasteiger partial charge in [-0.3, -0.25) is 4.79 Å². The predicted molar refractivity (Wildman–Crippen MR) is 84.0 cm³/mol. The average molecular weight is 274 g/mol. The van der Waals surface area contributed by atoms with E-state index in [1.54, 1.807) is 0 Å². The number of nitrogens with one attached hydrogen (secondary N) is 1. The highest BCUT2D eigenvalue weighted by atomic mass is 16.2. The number of nitrogens with zero attached hydrogens (tertiary/aromatic N) is 1. The molecule has 1 aliphatic heterocycles. The van der Waals surface area contributed by atoms with Crippen LogP contribution in [0.2, 0.25) is 0 Å². The second-order valence-electron chi connectivity index (χ2n) is 5.82. The van der Waals surface area contributed by atoms with Crippen LogP contribution in [0.3, 0.4) is 0 Å². The minimum absolute atomic E-state index is 0.234. The van der Waals surface area contributed by atoms with Crippen molar-refractivity contribution in [1.82, 2.24) is 4.90 Å². The number of carbonyl (C=O) groups excluding carboxylic acids is 1. The average Bonchev–Trinajstić information content (AvgIpc) is 2.47. The Bertz CT molecular complexity index is 470. The summed E-state index contributed by atoms with van der Waals surface area (Å²) in [5.74, 6) is 0.234. The van der Waals surface area contributed by atoms with Gasteiger partial charge in [0.05, 0.1) is 6.54 Å². The maximum absolute atomic E-state index is 12.4. The number of piperidine rings is 1. The van der Waals surface area contributed by atoms with Gasteiger partial charge in [0, 0.05) is 18.3 Å². The Hall–Kier alpha value is -1.51. The van der Waals surface area contributed by atoms with Crippen molar-refractivity contribution in [2.45, 2.75) is 52.5 Å². The van der Waals surface area contributed by atoms with Crippen molar-refractivity contribution < 1.29 is 4.79 Å². The van der Waals surface area contributed by atoms with Gasteiger partial charge in [-0.1, -0.05) is 19.1 Å². The largest absolute Gasteiger partial charge is 0.376 e. The Kier molecular flexibility index (Phi) is 5.05. The first-order valence-electron chi connectivity index (χ1n) is 7.72. The number of benzene rings is 1. The van der Waals surface area contributed by atoms with Crippen molar-refractivity contribution >= 4 is 11.6 Å². The molecular formula is C17H26N2O. The summed E-state index contributed by atoms with van der Waals surface area (Å²) in [6.45, 7) is 7.65. The molecule has 0 aliphatic carbocycles. The molecule has 0 bridgehead atoms. The van der Waals surface area contributed by atoms with E-state index in [4.69, 9.17) is 0 Å². The number of amides is 1. The van der Waals surface area contributed by atoms with Crippen LogP contribution in [-0.2, 0) is 4.79 Å². The van der Waals surface area contributed by atoms with Gasteiger partial charge in [-0.25, -0.2) is 0 Å². The molecule has 1 aromatic rings. The highest BCUT2D eigenvalue weighted by molar-refractivity contribution is 5.81. The number of rotatable bonds is 4. The fourth-order valence-corrected chi connectivity index (χ4v) is 2.95. The van der Waals surface area contributed by atoms with E-state index in [1.807, 2.05) is 0 Å². The molecule has 0 saturated carbocycles. The van der Waals surface area contributed by atoms with E-state index in [2.05, 4.69) is 49.2 Å². The first-order chi connectivity index (χ1) is 9.61. The van der Waals surface area contributed by atoms with Crippen LogP contribution >= 0.6 is 0 Å². The molecule has 3 heteroatoms. The normalized spacial score (nSPS) is 18.9. The quantitative estimate of drug-likeness (QED) is 0.911. The third-order valence-corrected chi connectivity index (χ3v) is 4.24. The third kappa shape index (κ3) is 3.53. The van der Waals surface area contributed by atoms with E-state index in [0.717, 1.165) is 31.5 Å². The zero-order chi connectivity index (χ0) is 14.5. The summed E-state index contributed by atoms with van der Waals surface area (Å²) in [7, 11) is 0. The lowest BCUT2D eigenvalue weighted by Gasteiger charge is -2.35. The lowest BCUT2D eigenvalue weighted by atomic mass is 10.00. The Morgan fingerprint density at radius 1 is 1.35 bits per heavy atom.